The van der Waals surface area contributed by atoms with Crippen LogP contribution >= 0.6 is 0 Å². The van der Waals surface area contributed by atoms with Gasteiger partial charge in [-0.05, 0) is 61.8 Å². The van der Waals surface area contributed by atoms with Crippen molar-refractivity contribution in [3.63, 3.8) is 0 Å². The molecule has 3 aromatic rings. The van der Waals surface area contributed by atoms with Gasteiger partial charge in [-0.1, -0.05) is 42.5 Å². The second-order valence-electron chi connectivity index (χ2n) is 10.7. The van der Waals surface area contributed by atoms with E-state index in [0.29, 0.717) is 24.6 Å². The first-order valence-electron chi connectivity index (χ1n) is 13.6. The molecule has 2 bridgehead atoms. The van der Waals surface area contributed by atoms with Gasteiger partial charge >= 0.3 is 0 Å². The standard InChI is InChI=1S/C31H37N3O3/c1-22-20-33(14-15-36-22)27-18-30(32-31(19-27)37-21-24-8-12-28(35-2)13-9-24)34-26-11-10-25(17-26)29(34)16-23-6-4-3-5-7-23/h3-9,12-13,18-19,22,25-26,29H,10-11,14-17,20-21H2,1-2H3/t22?,25-,26+,29-/m0/s1. The molecule has 1 aromatic heterocycles. The average molecular weight is 500 g/mol. The van der Waals surface area contributed by atoms with Gasteiger partial charge in [0.15, 0.2) is 0 Å². The lowest BCUT2D eigenvalue weighted by atomic mass is 9.92. The molecule has 0 radical (unpaired) electrons. The van der Waals surface area contributed by atoms with Crippen LogP contribution < -0.4 is 19.3 Å². The maximum absolute atomic E-state index is 6.32. The number of hydrogen-bond donors (Lipinski definition) is 0. The number of fused-ring (bicyclic) bond motifs is 2. The van der Waals surface area contributed by atoms with Gasteiger partial charge in [0.1, 0.15) is 18.2 Å². The van der Waals surface area contributed by atoms with E-state index in [-0.39, 0.29) is 6.10 Å². The molecule has 1 saturated carbocycles. The molecule has 6 nitrogen and oxygen atoms in total. The molecule has 1 unspecified atom stereocenters. The predicted molar refractivity (Wildman–Crippen MR) is 147 cm³/mol. The fourth-order valence-corrected chi connectivity index (χ4v) is 6.37. The van der Waals surface area contributed by atoms with Crippen molar-refractivity contribution < 1.29 is 14.2 Å². The predicted octanol–water partition coefficient (Wildman–Crippen LogP) is 5.49. The van der Waals surface area contributed by atoms with Crippen LogP contribution in [0.4, 0.5) is 11.5 Å². The van der Waals surface area contributed by atoms with Crippen LogP contribution in [0, 0.1) is 5.92 Å². The van der Waals surface area contributed by atoms with Gasteiger partial charge < -0.3 is 24.0 Å². The number of benzene rings is 2. The lowest BCUT2D eigenvalue weighted by molar-refractivity contribution is 0.0532. The fraction of sp³-hybridized carbons (Fsp3) is 0.452. The van der Waals surface area contributed by atoms with Gasteiger partial charge in [0, 0.05) is 43.0 Å². The van der Waals surface area contributed by atoms with Crippen LogP contribution in [0.1, 0.15) is 37.3 Å². The van der Waals surface area contributed by atoms with Gasteiger partial charge in [-0.2, -0.15) is 4.98 Å². The highest BCUT2D eigenvalue weighted by Crippen LogP contribution is 2.46. The molecule has 0 N–H and O–H groups in total. The van der Waals surface area contributed by atoms with Crippen molar-refractivity contribution >= 4 is 11.5 Å². The van der Waals surface area contributed by atoms with Crippen LogP contribution in [0.15, 0.2) is 66.7 Å². The topological polar surface area (TPSA) is 47.1 Å². The zero-order chi connectivity index (χ0) is 25.2. The van der Waals surface area contributed by atoms with Gasteiger partial charge in [0.2, 0.25) is 5.88 Å². The number of methoxy groups -OCH3 is 1. The summed E-state index contributed by atoms with van der Waals surface area (Å²) in [7, 11) is 1.69. The Morgan fingerprint density at radius 2 is 1.84 bits per heavy atom. The maximum atomic E-state index is 6.32. The second-order valence-corrected chi connectivity index (χ2v) is 10.7. The summed E-state index contributed by atoms with van der Waals surface area (Å²) in [6.45, 7) is 5.11. The first-order chi connectivity index (χ1) is 18.2. The van der Waals surface area contributed by atoms with Crippen molar-refractivity contribution in [3.05, 3.63) is 77.9 Å². The number of aromatic nitrogens is 1. The van der Waals surface area contributed by atoms with Crippen molar-refractivity contribution in [2.45, 2.75) is 57.4 Å². The Bertz CT molecular complexity index is 1190. The van der Waals surface area contributed by atoms with Crippen LogP contribution in [-0.2, 0) is 17.8 Å². The van der Waals surface area contributed by atoms with Crippen molar-refractivity contribution in [1.29, 1.82) is 0 Å². The van der Waals surface area contributed by atoms with E-state index in [9.17, 15) is 0 Å². The molecule has 1 aliphatic carbocycles. The zero-order valence-electron chi connectivity index (χ0n) is 21.9. The number of ether oxygens (including phenoxy) is 3. The summed E-state index contributed by atoms with van der Waals surface area (Å²) in [5.74, 6) is 3.31. The Morgan fingerprint density at radius 3 is 2.62 bits per heavy atom. The Kier molecular flexibility index (Phi) is 6.92. The summed E-state index contributed by atoms with van der Waals surface area (Å²) in [5.41, 5.74) is 3.67. The molecule has 3 aliphatic rings. The molecule has 3 fully saturated rings. The van der Waals surface area contributed by atoms with Crippen LogP contribution in [-0.4, -0.2) is 50.0 Å². The Labute approximate surface area is 220 Å². The van der Waals surface area contributed by atoms with Gasteiger partial charge in [0.25, 0.3) is 0 Å². The molecule has 2 aromatic carbocycles. The van der Waals surface area contributed by atoms with Crippen LogP contribution in [0.2, 0.25) is 0 Å². The third-order valence-electron chi connectivity index (χ3n) is 8.22. The summed E-state index contributed by atoms with van der Waals surface area (Å²) in [6.07, 6.45) is 5.10. The van der Waals surface area contributed by atoms with E-state index in [1.807, 2.05) is 24.3 Å². The van der Waals surface area contributed by atoms with E-state index in [0.717, 1.165) is 49.2 Å². The van der Waals surface area contributed by atoms with Crippen LogP contribution in [0.25, 0.3) is 0 Å². The summed E-state index contributed by atoms with van der Waals surface area (Å²) in [6, 6.07) is 24.4. The summed E-state index contributed by atoms with van der Waals surface area (Å²) in [5, 5.41) is 0. The summed E-state index contributed by atoms with van der Waals surface area (Å²) >= 11 is 0. The van der Waals surface area contributed by atoms with Gasteiger partial charge in [-0.3, -0.25) is 0 Å². The van der Waals surface area contributed by atoms with E-state index in [1.165, 1.54) is 30.5 Å². The van der Waals surface area contributed by atoms with Crippen molar-refractivity contribution in [2.75, 3.05) is 36.6 Å². The van der Waals surface area contributed by atoms with E-state index < -0.39 is 0 Å². The lowest BCUT2D eigenvalue weighted by Gasteiger charge is -2.38. The molecular weight excluding hydrogens is 462 g/mol. The Morgan fingerprint density at radius 1 is 1.00 bits per heavy atom. The highest BCUT2D eigenvalue weighted by molar-refractivity contribution is 5.60. The van der Waals surface area contributed by atoms with Gasteiger partial charge in [0.05, 0.1) is 19.8 Å². The van der Waals surface area contributed by atoms with E-state index in [2.05, 4.69) is 59.2 Å². The zero-order valence-corrected chi connectivity index (χ0v) is 21.9. The molecule has 2 saturated heterocycles. The normalized spacial score (nSPS) is 24.9. The molecule has 194 valence electrons. The molecule has 4 atom stereocenters. The first kappa shape index (κ1) is 24.1. The third-order valence-corrected chi connectivity index (χ3v) is 8.22. The molecule has 37 heavy (non-hydrogen) atoms. The second kappa shape index (κ2) is 10.6. The largest absolute Gasteiger partial charge is 0.497 e. The Balaban J connectivity index is 1.30. The molecular formula is C31H37N3O3. The minimum Gasteiger partial charge on any atom is -0.497 e. The fourth-order valence-electron chi connectivity index (χ4n) is 6.37. The van der Waals surface area contributed by atoms with E-state index in [1.54, 1.807) is 7.11 Å². The highest BCUT2D eigenvalue weighted by Gasteiger charge is 2.46. The van der Waals surface area contributed by atoms with Crippen LogP contribution in [0.5, 0.6) is 11.6 Å². The summed E-state index contributed by atoms with van der Waals surface area (Å²) in [4.78, 5) is 10.1. The number of hydrogen-bond acceptors (Lipinski definition) is 6. The smallest absolute Gasteiger partial charge is 0.217 e. The third kappa shape index (κ3) is 5.26. The van der Waals surface area contributed by atoms with Crippen LogP contribution in [0.3, 0.4) is 0 Å². The number of rotatable bonds is 8. The number of nitrogens with zero attached hydrogens (tertiary/aromatic N) is 3. The van der Waals surface area contributed by atoms with Crippen molar-refractivity contribution in [3.8, 4) is 11.6 Å². The number of piperidine rings is 1. The molecule has 2 aliphatic heterocycles. The van der Waals surface area contributed by atoms with Crippen molar-refractivity contribution in [1.82, 2.24) is 4.98 Å². The maximum Gasteiger partial charge on any atom is 0.217 e. The molecule has 0 spiro atoms. The van der Waals surface area contributed by atoms with Crippen molar-refractivity contribution in [2.24, 2.45) is 5.92 Å². The minimum absolute atomic E-state index is 0.211. The summed E-state index contributed by atoms with van der Waals surface area (Å²) < 4.78 is 17.4. The SMILES string of the molecule is COc1ccc(COc2cc(N3CCOC(C)C3)cc(N3[C@@H]4CC[C@@H](C4)[C@@H]3Cc3ccccc3)n2)cc1. The van der Waals surface area contributed by atoms with E-state index >= 15 is 0 Å². The lowest BCUT2D eigenvalue weighted by Crippen LogP contribution is -2.43. The van der Waals surface area contributed by atoms with E-state index in [4.69, 9.17) is 19.2 Å². The molecule has 6 heteroatoms. The quantitative estimate of drug-likeness (QED) is 0.408. The highest BCUT2D eigenvalue weighted by atomic mass is 16.5. The minimum atomic E-state index is 0.211. The number of pyridine rings is 1. The molecule has 0 amide bonds. The number of morpholine rings is 1. The Hall–Kier alpha value is -3.25. The van der Waals surface area contributed by atoms with Gasteiger partial charge in [-0.15, -0.1) is 0 Å². The molecule has 3 heterocycles. The monoisotopic (exact) mass is 499 g/mol. The van der Waals surface area contributed by atoms with Gasteiger partial charge in [-0.25, -0.2) is 0 Å². The molecule has 6 rings (SSSR count). The first-order valence-corrected chi connectivity index (χ1v) is 13.6. The average Bonchev–Trinajstić information content (AvgIpc) is 3.55. The number of anilines is 2.